The van der Waals surface area contributed by atoms with Crippen molar-refractivity contribution in [3.63, 3.8) is 0 Å². The number of aryl methyl sites for hydroxylation is 1. The van der Waals surface area contributed by atoms with Crippen LogP contribution in [0.3, 0.4) is 0 Å². The highest BCUT2D eigenvalue weighted by molar-refractivity contribution is 5.27. The van der Waals surface area contributed by atoms with E-state index in [1.165, 1.54) is 5.56 Å². The number of nitrogens with one attached hydrogen (secondary N) is 1. The molecule has 0 saturated carbocycles. The Morgan fingerprint density at radius 1 is 1.29 bits per heavy atom. The van der Waals surface area contributed by atoms with E-state index >= 15 is 0 Å². The molecule has 2 heterocycles. The van der Waals surface area contributed by atoms with Crippen molar-refractivity contribution >= 4 is 5.95 Å². The Morgan fingerprint density at radius 2 is 2.18 bits per heavy atom. The molecule has 0 bridgehead atoms. The van der Waals surface area contributed by atoms with E-state index in [2.05, 4.69) is 32.8 Å². The van der Waals surface area contributed by atoms with Crippen molar-refractivity contribution in [1.82, 2.24) is 14.5 Å². The summed E-state index contributed by atoms with van der Waals surface area (Å²) in [7, 11) is 0. The summed E-state index contributed by atoms with van der Waals surface area (Å²) in [6.45, 7) is 5.89. The molecule has 4 nitrogen and oxygen atoms in total. The summed E-state index contributed by atoms with van der Waals surface area (Å²) in [6.07, 6.45) is 6.81. The van der Waals surface area contributed by atoms with Crippen LogP contribution in [0.2, 0.25) is 0 Å². The van der Waals surface area contributed by atoms with Crippen LogP contribution >= 0.6 is 0 Å². The summed E-state index contributed by atoms with van der Waals surface area (Å²) in [5.74, 6) is 0.924. The number of rotatable bonds is 5. The minimum Gasteiger partial charge on any atom is -0.356 e. The minimum atomic E-state index is 0.805. The Bertz CT molecular complexity index is 459. The number of nitrogens with zero attached hydrogens (tertiary/aromatic N) is 3. The number of aromatic nitrogens is 3. The van der Waals surface area contributed by atoms with Crippen LogP contribution in [0.25, 0.3) is 0 Å². The minimum absolute atomic E-state index is 0.805. The molecule has 0 spiro atoms. The summed E-state index contributed by atoms with van der Waals surface area (Å²) in [6, 6.07) is 4.14. The molecule has 0 aliphatic carbocycles. The van der Waals surface area contributed by atoms with Gasteiger partial charge in [-0.2, -0.15) is 0 Å². The van der Waals surface area contributed by atoms with Crippen molar-refractivity contribution in [2.75, 3.05) is 11.9 Å². The van der Waals surface area contributed by atoms with Gasteiger partial charge in [-0.05, 0) is 25.0 Å². The van der Waals surface area contributed by atoms with Gasteiger partial charge < -0.3 is 9.88 Å². The molecule has 1 N–H and O–H groups in total. The Hall–Kier alpha value is -1.84. The van der Waals surface area contributed by atoms with E-state index in [0.717, 1.165) is 31.2 Å². The Morgan fingerprint density at radius 3 is 2.88 bits per heavy atom. The maximum Gasteiger partial charge on any atom is 0.203 e. The average molecular weight is 230 g/mol. The molecule has 17 heavy (non-hydrogen) atoms. The lowest BCUT2D eigenvalue weighted by Gasteiger charge is -2.09. The summed E-state index contributed by atoms with van der Waals surface area (Å²) >= 11 is 0. The molecule has 0 aromatic carbocycles. The number of anilines is 1. The highest BCUT2D eigenvalue weighted by atomic mass is 15.2. The summed E-state index contributed by atoms with van der Waals surface area (Å²) in [4.78, 5) is 8.60. The SMILES string of the molecule is CCCNc1nccn1Cc1ccc(C)nc1. The Balaban J connectivity index is 2.07. The van der Waals surface area contributed by atoms with Crippen LogP contribution in [0.4, 0.5) is 5.95 Å². The van der Waals surface area contributed by atoms with Crippen LogP contribution in [-0.2, 0) is 6.54 Å². The average Bonchev–Trinajstić information content (AvgIpc) is 2.77. The molecule has 2 aromatic heterocycles. The van der Waals surface area contributed by atoms with Gasteiger partial charge in [0.2, 0.25) is 5.95 Å². The molecule has 2 rings (SSSR count). The highest BCUT2D eigenvalue weighted by Gasteiger charge is 2.02. The molecule has 0 atom stereocenters. The quantitative estimate of drug-likeness (QED) is 0.858. The molecule has 0 radical (unpaired) electrons. The van der Waals surface area contributed by atoms with Crippen LogP contribution < -0.4 is 5.32 Å². The summed E-state index contributed by atoms with van der Waals surface area (Å²) in [5, 5.41) is 3.31. The fourth-order valence-corrected chi connectivity index (χ4v) is 1.63. The lowest BCUT2D eigenvalue weighted by molar-refractivity contribution is 0.788. The molecule has 0 aliphatic heterocycles. The van der Waals surface area contributed by atoms with Crippen LogP contribution in [0.5, 0.6) is 0 Å². The van der Waals surface area contributed by atoms with Crippen molar-refractivity contribution in [2.24, 2.45) is 0 Å². The molecule has 4 heteroatoms. The first-order valence-corrected chi connectivity index (χ1v) is 5.96. The van der Waals surface area contributed by atoms with Gasteiger partial charge in [-0.25, -0.2) is 4.98 Å². The van der Waals surface area contributed by atoms with Crippen molar-refractivity contribution in [3.05, 3.63) is 42.0 Å². The Kier molecular flexibility index (Phi) is 3.75. The van der Waals surface area contributed by atoms with E-state index in [0.29, 0.717) is 0 Å². The summed E-state index contributed by atoms with van der Waals surface area (Å²) < 4.78 is 2.10. The zero-order valence-electron chi connectivity index (χ0n) is 10.3. The number of imidazole rings is 1. The second-order valence-corrected chi connectivity index (χ2v) is 4.11. The van der Waals surface area contributed by atoms with Gasteiger partial charge in [0.15, 0.2) is 0 Å². The molecule has 0 aliphatic rings. The van der Waals surface area contributed by atoms with Gasteiger partial charge in [0.25, 0.3) is 0 Å². The van der Waals surface area contributed by atoms with Gasteiger partial charge in [-0.15, -0.1) is 0 Å². The lowest BCUT2D eigenvalue weighted by Crippen LogP contribution is -2.08. The van der Waals surface area contributed by atoms with Gasteiger partial charge in [-0.3, -0.25) is 4.98 Å². The van der Waals surface area contributed by atoms with E-state index in [1.807, 2.05) is 31.6 Å². The highest BCUT2D eigenvalue weighted by Crippen LogP contribution is 2.09. The molecule has 0 saturated heterocycles. The molecule has 90 valence electrons. The van der Waals surface area contributed by atoms with Crippen molar-refractivity contribution in [1.29, 1.82) is 0 Å². The maximum absolute atomic E-state index is 4.30. The first kappa shape index (κ1) is 11.6. The molecule has 0 amide bonds. The Labute approximate surface area is 102 Å². The summed E-state index contributed by atoms with van der Waals surface area (Å²) in [5.41, 5.74) is 2.23. The van der Waals surface area contributed by atoms with Crippen LogP contribution in [0.15, 0.2) is 30.7 Å². The third kappa shape index (κ3) is 3.06. The van der Waals surface area contributed by atoms with E-state index in [9.17, 15) is 0 Å². The zero-order chi connectivity index (χ0) is 12.1. The third-order valence-electron chi connectivity index (χ3n) is 2.57. The largest absolute Gasteiger partial charge is 0.356 e. The third-order valence-corrected chi connectivity index (χ3v) is 2.57. The fraction of sp³-hybridized carbons (Fsp3) is 0.385. The monoisotopic (exact) mass is 230 g/mol. The van der Waals surface area contributed by atoms with Gasteiger partial charge in [0, 0.05) is 30.8 Å². The molecule has 0 unspecified atom stereocenters. The van der Waals surface area contributed by atoms with E-state index < -0.39 is 0 Å². The first-order valence-electron chi connectivity index (χ1n) is 5.96. The number of hydrogen-bond donors (Lipinski definition) is 1. The van der Waals surface area contributed by atoms with Gasteiger partial charge >= 0.3 is 0 Å². The van der Waals surface area contributed by atoms with Crippen molar-refractivity contribution in [2.45, 2.75) is 26.8 Å². The number of pyridine rings is 1. The molecule has 2 aromatic rings. The maximum atomic E-state index is 4.30. The second-order valence-electron chi connectivity index (χ2n) is 4.11. The van der Waals surface area contributed by atoms with E-state index in [1.54, 1.807) is 0 Å². The van der Waals surface area contributed by atoms with E-state index in [-0.39, 0.29) is 0 Å². The zero-order valence-corrected chi connectivity index (χ0v) is 10.3. The van der Waals surface area contributed by atoms with Gasteiger partial charge in [0.1, 0.15) is 0 Å². The smallest absolute Gasteiger partial charge is 0.203 e. The van der Waals surface area contributed by atoms with E-state index in [4.69, 9.17) is 0 Å². The molecule has 0 fully saturated rings. The number of hydrogen-bond acceptors (Lipinski definition) is 3. The predicted molar refractivity (Wildman–Crippen MR) is 69.1 cm³/mol. The predicted octanol–water partition coefficient (Wildman–Crippen LogP) is 2.46. The van der Waals surface area contributed by atoms with Crippen molar-refractivity contribution < 1.29 is 0 Å². The van der Waals surface area contributed by atoms with Crippen molar-refractivity contribution in [3.8, 4) is 0 Å². The fourth-order valence-electron chi connectivity index (χ4n) is 1.63. The molecular weight excluding hydrogens is 212 g/mol. The standard InChI is InChI=1S/C13H18N4/c1-3-6-14-13-15-7-8-17(13)10-12-5-4-11(2)16-9-12/h4-5,7-9H,3,6,10H2,1-2H3,(H,14,15). The van der Waals surface area contributed by atoms with Gasteiger partial charge in [-0.1, -0.05) is 13.0 Å². The topological polar surface area (TPSA) is 42.7 Å². The van der Waals surface area contributed by atoms with Gasteiger partial charge in [0.05, 0.1) is 6.54 Å². The second kappa shape index (κ2) is 5.48. The van der Waals surface area contributed by atoms with Crippen LogP contribution in [0, 0.1) is 6.92 Å². The van der Waals surface area contributed by atoms with Crippen LogP contribution in [0.1, 0.15) is 24.6 Å². The van der Waals surface area contributed by atoms with Crippen LogP contribution in [-0.4, -0.2) is 21.1 Å². The lowest BCUT2D eigenvalue weighted by atomic mass is 10.2. The molecular formula is C13H18N4. The first-order chi connectivity index (χ1) is 8.29. The normalized spacial score (nSPS) is 10.5.